The Morgan fingerprint density at radius 2 is 2.12 bits per heavy atom. The molecule has 1 heterocycles. The minimum atomic E-state index is -1.58. The first kappa shape index (κ1) is 5.53. The van der Waals surface area contributed by atoms with Crippen LogP contribution in [0, 0.1) is 0 Å². The summed E-state index contributed by atoms with van der Waals surface area (Å²) in [6.07, 6.45) is 0. The van der Waals surface area contributed by atoms with Crippen LogP contribution < -0.4 is 0 Å². The average Bonchev–Trinajstić information content (AvgIpc) is 1.60. The highest BCUT2D eigenvalue weighted by Crippen LogP contribution is 2.15. The van der Waals surface area contributed by atoms with Crippen LogP contribution in [0.3, 0.4) is 0 Å². The van der Waals surface area contributed by atoms with Crippen molar-refractivity contribution in [3.05, 3.63) is 0 Å². The van der Waals surface area contributed by atoms with Crippen molar-refractivity contribution in [2.24, 2.45) is 0 Å². The van der Waals surface area contributed by atoms with Crippen LogP contribution in [0.5, 0.6) is 0 Å². The molecule has 0 aromatic rings. The first-order chi connectivity index (χ1) is 3.65. The Kier molecular flexibility index (Phi) is 0.988. The van der Waals surface area contributed by atoms with Gasteiger partial charge in [0.05, 0.1) is 13.2 Å². The lowest BCUT2D eigenvalue weighted by molar-refractivity contribution is -0.206. The molecule has 0 radical (unpaired) electrons. The number of carboxylic acids is 1. The topological polar surface area (TPSA) is 66.8 Å². The van der Waals surface area contributed by atoms with Crippen molar-refractivity contribution in [2.45, 2.75) is 5.60 Å². The van der Waals surface area contributed by atoms with Crippen molar-refractivity contribution in [3.63, 3.8) is 0 Å². The van der Waals surface area contributed by atoms with E-state index in [1.165, 1.54) is 0 Å². The maximum absolute atomic E-state index is 9.97. The number of carboxylic acid groups (broad SMARTS) is 1. The molecule has 4 nitrogen and oxygen atoms in total. The molecule has 1 saturated heterocycles. The number of rotatable bonds is 1. The summed E-state index contributed by atoms with van der Waals surface area (Å²) in [5.41, 5.74) is -1.58. The molecule has 4 heteroatoms. The molecule has 0 bridgehead atoms. The number of carbonyl (C=O) groups is 1. The first-order valence-electron chi connectivity index (χ1n) is 2.19. The Morgan fingerprint density at radius 1 is 1.62 bits per heavy atom. The van der Waals surface area contributed by atoms with E-state index >= 15 is 0 Å². The summed E-state index contributed by atoms with van der Waals surface area (Å²) in [5, 5.41) is 16.9. The van der Waals surface area contributed by atoms with E-state index in [1.54, 1.807) is 0 Å². The third kappa shape index (κ3) is 0.579. The zero-order chi connectivity index (χ0) is 6.20. The summed E-state index contributed by atoms with van der Waals surface area (Å²) in [5.74, 6) is -1.20. The van der Waals surface area contributed by atoms with Crippen LogP contribution in [0.4, 0.5) is 0 Å². The van der Waals surface area contributed by atoms with Crippen molar-refractivity contribution in [1.29, 1.82) is 0 Å². The largest absolute Gasteiger partial charge is 0.479 e. The highest BCUT2D eigenvalue weighted by Gasteiger charge is 2.43. The van der Waals surface area contributed by atoms with Crippen LogP contribution >= 0.6 is 0 Å². The third-order valence-electron chi connectivity index (χ3n) is 1.08. The van der Waals surface area contributed by atoms with Crippen LogP contribution in [-0.4, -0.2) is 35.0 Å². The smallest absolute Gasteiger partial charge is 0.340 e. The average molecular weight is 118 g/mol. The summed E-state index contributed by atoms with van der Waals surface area (Å²) in [6, 6.07) is 0. The van der Waals surface area contributed by atoms with E-state index in [1.807, 2.05) is 0 Å². The van der Waals surface area contributed by atoms with E-state index in [4.69, 9.17) is 10.2 Å². The zero-order valence-electron chi connectivity index (χ0n) is 4.13. The molecular formula is C4H6O4. The predicted octanol–water partition coefficient (Wildman–Crippen LogP) is -1.17. The molecule has 1 aliphatic rings. The molecule has 0 aromatic carbocycles. The Labute approximate surface area is 45.7 Å². The minimum absolute atomic E-state index is 0.0810. The van der Waals surface area contributed by atoms with Crippen molar-refractivity contribution < 1.29 is 19.7 Å². The summed E-state index contributed by atoms with van der Waals surface area (Å²) in [7, 11) is 0. The van der Waals surface area contributed by atoms with Gasteiger partial charge < -0.3 is 14.9 Å². The predicted molar refractivity (Wildman–Crippen MR) is 23.4 cm³/mol. The number of ether oxygens (including phenoxy) is 1. The van der Waals surface area contributed by atoms with Gasteiger partial charge in [0.1, 0.15) is 0 Å². The molecule has 2 N–H and O–H groups in total. The Morgan fingerprint density at radius 3 is 2.12 bits per heavy atom. The molecule has 0 aromatic heterocycles. The van der Waals surface area contributed by atoms with Crippen molar-refractivity contribution in [1.82, 2.24) is 0 Å². The second-order valence-electron chi connectivity index (χ2n) is 1.83. The number of aliphatic hydroxyl groups is 1. The standard InChI is InChI=1S/C4H6O4/c5-3(6)4(7)1-8-2-4/h7H,1-2H2,(H,5,6). The molecule has 0 spiro atoms. The summed E-state index contributed by atoms with van der Waals surface area (Å²) >= 11 is 0. The molecule has 0 saturated carbocycles. The molecule has 0 aliphatic carbocycles. The van der Waals surface area contributed by atoms with Gasteiger partial charge in [-0.2, -0.15) is 0 Å². The van der Waals surface area contributed by atoms with Crippen LogP contribution in [0.1, 0.15) is 0 Å². The lowest BCUT2D eigenvalue weighted by Crippen LogP contribution is -2.55. The number of hydrogen-bond donors (Lipinski definition) is 2. The third-order valence-corrected chi connectivity index (χ3v) is 1.08. The highest BCUT2D eigenvalue weighted by atomic mass is 16.6. The molecule has 1 aliphatic heterocycles. The summed E-state index contributed by atoms with van der Waals surface area (Å²) < 4.78 is 4.47. The SMILES string of the molecule is O=C(O)C1(O)COC1. The van der Waals surface area contributed by atoms with E-state index in [0.717, 1.165) is 0 Å². The quantitative estimate of drug-likeness (QED) is 0.455. The monoisotopic (exact) mass is 118 g/mol. The Bertz CT molecular complexity index is 115. The van der Waals surface area contributed by atoms with Crippen molar-refractivity contribution in [3.8, 4) is 0 Å². The molecule has 0 amide bonds. The first-order valence-corrected chi connectivity index (χ1v) is 2.19. The van der Waals surface area contributed by atoms with E-state index in [-0.39, 0.29) is 13.2 Å². The molecule has 8 heavy (non-hydrogen) atoms. The van der Waals surface area contributed by atoms with Gasteiger partial charge in [-0.1, -0.05) is 0 Å². The van der Waals surface area contributed by atoms with Gasteiger partial charge in [-0.3, -0.25) is 0 Å². The molecular weight excluding hydrogens is 112 g/mol. The highest BCUT2D eigenvalue weighted by molar-refractivity contribution is 5.78. The van der Waals surface area contributed by atoms with Crippen LogP contribution in [0.2, 0.25) is 0 Å². The van der Waals surface area contributed by atoms with E-state index in [2.05, 4.69) is 4.74 Å². The van der Waals surface area contributed by atoms with E-state index < -0.39 is 11.6 Å². The van der Waals surface area contributed by atoms with Gasteiger partial charge in [0.25, 0.3) is 0 Å². The fourth-order valence-corrected chi connectivity index (χ4v) is 0.419. The normalized spacial score (nSPS) is 24.1. The minimum Gasteiger partial charge on any atom is -0.479 e. The summed E-state index contributed by atoms with van der Waals surface area (Å²) in [4.78, 5) is 9.97. The van der Waals surface area contributed by atoms with Crippen LogP contribution in [-0.2, 0) is 9.53 Å². The molecule has 1 rings (SSSR count). The maximum atomic E-state index is 9.97. The van der Waals surface area contributed by atoms with Gasteiger partial charge in [-0.15, -0.1) is 0 Å². The van der Waals surface area contributed by atoms with Gasteiger partial charge >= 0.3 is 5.97 Å². The van der Waals surface area contributed by atoms with Gasteiger partial charge in [-0.25, -0.2) is 4.79 Å². The Balaban J connectivity index is 2.53. The zero-order valence-corrected chi connectivity index (χ0v) is 4.13. The van der Waals surface area contributed by atoms with Gasteiger partial charge in [0.2, 0.25) is 5.60 Å². The van der Waals surface area contributed by atoms with Crippen molar-refractivity contribution >= 4 is 5.97 Å². The van der Waals surface area contributed by atoms with Gasteiger partial charge in [0, 0.05) is 0 Å². The Hall–Kier alpha value is -0.610. The second-order valence-corrected chi connectivity index (χ2v) is 1.83. The van der Waals surface area contributed by atoms with E-state index in [9.17, 15) is 4.79 Å². The van der Waals surface area contributed by atoms with Gasteiger partial charge in [-0.05, 0) is 0 Å². The molecule has 1 fully saturated rings. The molecule has 0 atom stereocenters. The fourth-order valence-electron chi connectivity index (χ4n) is 0.419. The number of hydrogen-bond acceptors (Lipinski definition) is 3. The fraction of sp³-hybridized carbons (Fsp3) is 0.750. The summed E-state index contributed by atoms with van der Waals surface area (Å²) in [6.45, 7) is -0.162. The number of aliphatic carboxylic acids is 1. The lowest BCUT2D eigenvalue weighted by atomic mass is 10.0. The lowest BCUT2D eigenvalue weighted by Gasteiger charge is -2.31. The second kappa shape index (κ2) is 1.43. The van der Waals surface area contributed by atoms with E-state index in [0.29, 0.717) is 0 Å². The van der Waals surface area contributed by atoms with Gasteiger partial charge in [0.15, 0.2) is 0 Å². The molecule has 46 valence electrons. The molecule has 0 unspecified atom stereocenters. The maximum Gasteiger partial charge on any atom is 0.340 e. The van der Waals surface area contributed by atoms with Crippen LogP contribution in [0.15, 0.2) is 0 Å². The van der Waals surface area contributed by atoms with Crippen molar-refractivity contribution in [2.75, 3.05) is 13.2 Å². The van der Waals surface area contributed by atoms with Crippen LogP contribution in [0.25, 0.3) is 0 Å².